The van der Waals surface area contributed by atoms with Crippen molar-refractivity contribution in [1.82, 2.24) is 15.1 Å². The van der Waals surface area contributed by atoms with Gasteiger partial charge in [0.2, 0.25) is 5.91 Å². The van der Waals surface area contributed by atoms with Crippen molar-refractivity contribution in [1.29, 1.82) is 0 Å². The van der Waals surface area contributed by atoms with Gasteiger partial charge in [-0.25, -0.2) is 0 Å². The molecule has 7 heteroatoms. The van der Waals surface area contributed by atoms with E-state index in [9.17, 15) is 9.59 Å². The Bertz CT molecular complexity index is 550. The molecule has 2 aliphatic heterocycles. The Morgan fingerprint density at radius 3 is 2.64 bits per heavy atom. The topological polar surface area (TPSA) is 61.9 Å². The molecule has 3 rings (SSSR count). The van der Waals surface area contributed by atoms with E-state index < -0.39 is 0 Å². The fourth-order valence-electron chi connectivity index (χ4n) is 3.38. The zero-order valence-corrected chi connectivity index (χ0v) is 15.4. The molecule has 2 saturated heterocycles. The molecule has 0 bridgehead atoms. The van der Waals surface area contributed by atoms with Crippen molar-refractivity contribution in [2.75, 3.05) is 52.5 Å². The first-order chi connectivity index (χ1) is 12.2. The number of carbonyl (C=O) groups excluding carboxylic acids is 2. The molecule has 138 valence electrons. The summed E-state index contributed by atoms with van der Waals surface area (Å²) in [4.78, 5) is 29.7. The van der Waals surface area contributed by atoms with Gasteiger partial charge in [-0.15, -0.1) is 11.3 Å². The molecule has 0 radical (unpaired) electrons. The maximum absolute atomic E-state index is 12.3. The van der Waals surface area contributed by atoms with Gasteiger partial charge in [0.15, 0.2) is 0 Å². The van der Waals surface area contributed by atoms with Crippen LogP contribution in [0, 0.1) is 5.92 Å². The number of rotatable bonds is 6. The molecular weight excluding hydrogens is 338 g/mol. The molecule has 2 fully saturated rings. The highest BCUT2D eigenvalue weighted by Gasteiger charge is 2.27. The van der Waals surface area contributed by atoms with Gasteiger partial charge in [-0.2, -0.15) is 0 Å². The summed E-state index contributed by atoms with van der Waals surface area (Å²) in [5.74, 6) is 0.278. The molecule has 6 nitrogen and oxygen atoms in total. The van der Waals surface area contributed by atoms with E-state index in [1.54, 1.807) is 0 Å². The van der Waals surface area contributed by atoms with Gasteiger partial charge in [0.25, 0.3) is 5.91 Å². The van der Waals surface area contributed by atoms with Gasteiger partial charge < -0.3 is 15.0 Å². The highest BCUT2D eigenvalue weighted by molar-refractivity contribution is 7.12. The second-order valence-corrected chi connectivity index (χ2v) is 7.59. The van der Waals surface area contributed by atoms with E-state index in [0.717, 1.165) is 63.5 Å². The van der Waals surface area contributed by atoms with E-state index in [1.807, 2.05) is 22.4 Å². The molecule has 0 aliphatic carbocycles. The van der Waals surface area contributed by atoms with Crippen LogP contribution in [-0.2, 0) is 9.53 Å². The molecule has 1 N–H and O–H groups in total. The van der Waals surface area contributed by atoms with Gasteiger partial charge in [-0.05, 0) is 37.3 Å². The Balaban J connectivity index is 1.32. The number of hydrogen-bond donors (Lipinski definition) is 1. The van der Waals surface area contributed by atoms with E-state index in [4.69, 9.17) is 4.74 Å². The smallest absolute Gasteiger partial charge is 0.263 e. The predicted octanol–water partition coefficient (Wildman–Crippen LogP) is 1.44. The van der Waals surface area contributed by atoms with Crippen molar-refractivity contribution in [3.63, 3.8) is 0 Å². The van der Waals surface area contributed by atoms with Crippen LogP contribution in [0.15, 0.2) is 17.5 Å². The summed E-state index contributed by atoms with van der Waals surface area (Å²) < 4.78 is 5.33. The van der Waals surface area contributed by atoms with Crippen LogP contribution in [0.2, 0.25) is 0 Å². The van der Waals surface area contributed by atoms with Crippen LogP contribution in [0.4, 0.5) is 0 Å². The summed E-state index contributed by atoms with van der Waals surface area (Å²) in [5.41, 5.74) is 0. The largest absolute Gasteiger partial charge is 0.379 e. The second-order valence-electron chi connectivity index (χ2n) is 6.64. The SMILES string of the molecule is O=C(NCCCN1CCOCC1)C1CCN(C(=O)c2cccs2)CC1. The maximum Gasteiger partial charge on any atom is 0.263 e. The Kier molecular flexibility index (Phi) is 6.84. The Hall–Kier alpha value is -1.44. The van der Waals surface area contributed by atoms with Gasteiger partial charge in [-0.1, -0.05) is 6.07 Å². The van der Waals surface area contributed by atoms with Crippen LogP contribution in [0.5, 0.6) is 0 Å². The van der Waals surface area contributed by atoms with Crippen LogP contribution in [0.25, 0.3) is 0 Å². The third kappa shape index (κ3) is 5.26. The van der Waals surface area contributed by atoms with Gasteiger partial charge in [-0.3, -0.25) is 14.5 Å². The number of nitrogens with zero attached hydrogens (tertiary/aromatic N) is 2. The molecule has 25 heavy (non-hydrogen) atoms. The van der Waals surface area contributed by atoms with E-state index in [0.29, 0.717) is 13.1 Å². The number of piperidine rings is 1. The van der Waals surface area contributed by atoms with Crippen molar-refractivity contribution in [2.24, 2.45) is 5.92 Å². The van der Waals surface area contributed by atoms with E-state index >= 15 is 0 Å². The first-order valence-electron chi connectivity index (χ1n) is 9.14. The Morgan fingerprint density at radius 2 is 1.96 bits per heavy atom. The quantitative estimate of drug-likeness (QED) is 0.775. The minimum atomic E-state index is 0.0378. The van der Waals surface area contributed by atoms with Crippen molar-refractivity contribution < 1.29 is 14.3 Å². The van der Waals surface area contributed by atoms with Gasteiger partial charge in [0, 0.05) is 38.6 Å². The third-order valence-corrected chi connectivity index (χ3v) is 5.80. The highest BCUT2D eigenvalue weighted by atomic mass is 32.1. The molecule has 0 spiro atoms. The highest BCUT2D eigenvalue weighted by Crippen LogP contribution is 2.20. The van der Waals surface area contributed by atoms with Crippen molar-refractivity contribution in [2.45, 2.75) is 19.3 Å². The second kappa shape index (κ2) is 9.31. The van der Waals surface area contributed by atoms with Crippen LogP contribution in [0.3, 0.4) is 0 Å². The number of thiophene rings is 1. The van der Waals surface area contributed by atoms with Crippen molar-refractivity contribution in [3.05, 3.63) is 22.4 Å². The van der Waals surface area contributed by atoms with Crippen molar-refractivity contribution in [3.8, 4) is 0 Å². The lowest BCUT2D eigenvalue weighted by molar-refractivity contribution is -0.126. The number of morpholine rings is 1. The summed E-state index contributed by atoms with van der Waals surface area (Å²) in [6, 6.07) is 3.76. The molecule has 3 heterocycles. The number of ether oxygens (including phenoxy) is 1. The minimum Gasteiger partial charge on any atom is -0.379 e. The molecule has 2 aliphatic rings. The molecular formula is C18H27N3O3S. The van der Waals surface area contributed by atoms with Crippen LogP contribution >= 0.6 is 11.3 Å². The lowest BCUT2D eigenvalue weighted by Crippen LogP contribution is -2.43. The lowest BCUT2D eigenvalue weighted by atomic mass is 9.95. The minimum absolute atomic E-state index is 0.0378. The molecule has 0 unspecified atom stereocenters. The van der Waals surface area contributed by atoms with E-state index in [-0.39, 0.29) is 17.7 Å². The summed E-state index contributed by atoms with van der Waals surface area (Å²) >= 11 is 1.47. The molecule has 1 aromatic heterocycles. The molecule has 1 aromatic rings. The number of likely N-dealkylation sites (tertiary alicyclic amines) is 1. The van der Waals surface area contributed by atoms with Crippen LogP contribution in [-0.4, -0.2) is 74.1 Å². The Labute approximate surface area is 153 Å². The van der Waals surface area contributed by atoms with E-state index in [2.05, 4.69) is 10.2 Å². The first-order valence-corrected chi connectivity index (χ1v) is 10.0. The van der Waals surface area contributed by atoms with Gasteiger partial charge >= 0.3 is 0 Å². The average Bonchev–Trinajstić information content (AvgIpc) is 3.20. The van der Waals surface area contributed by atoms with E-state index in [1.165, 1.54) is 11.3 Å². The monoisotopic (exact) mass is 365 g/mol. The zero-order valence-electron chi connectivity index (χ0n) is 14.6. The molecule has 2 amide bonds. The van der Waals surface area contributed by atoms with Gasteiger partial charge in [0.05, 0.1) is 18.1 Å². The molecule has 0 atom stereocenters. The molecule has 0 aromatic carbocycles. The number of amides is 2. The summed E-state index contributed by atoms with van der Waals surface area (Å²) in [6.07, 6.45) is 2.49. The lowest BCUT2D eigenvalue weighted by Gasteiger charge is -2.31. The third-order valence-electron chi connectivity index (χ3n) is 4.94. The summed E-state index contributed by atoms with van der Waals surface area (Å²) in [6.45, 7) is 6.69. The average molecular weight is 365 g/mol. The summed E-state index contributed by atoms with van der Waals surface area (Å²) in [7, 11) is 0. The summed E-state index contributed by atoms with van der Waals surface area (Å²) in [5, 5.41) is 4.99. The van der Waals surface area contributed by atoms with Crippen molar-refractivity contribution >= 4 is 23.2 Å². The maximum atomic E-state index is 12.3. The molecule has 0 saturated carbocycles. The predicted molar refractivity (Wildman–Crippen MR) is 97.8 cm³/mol. The van der Waals surface area contributed by atoms with Crippen LogP contribution in [0.1, 0.15) is 28.9 Å². The zero-order chi connectivity index (χ0) is 17.5. The normalized spacial score (nSPS) is 19.8. The first kappa shape index (κ1) is 18.4. The fraction of sp³-hybridized carbons (Fsp3) is 0.667. The number of hydrogen-bond acceptors (Lipinski definition) is 5. The fourth-order valence-corrected chi connectivity index (χ4v) is 4.08. The number of carbonyl (C=O) groups is 2. The number of nitrogens with one attached hydrogen (secondary N) is 1. The Morgan fingerprint density at radius 1 is 1.20 bits per heavy atom. The van der Waals surface area contributed by atoms with Crippen LogP contribution < -0.4 is 5.32 Å². The standard InChI is InChI=1S/C18H27N3O3S/c22-17(19-6-2-7-20-10-12-24-13-11-20)15-4-8-21(9-5-15)18(23)16-3-1-14-25-16/h1,3,14-15H,2,4-13H2,(H,19,22). The van der Waals surface area contributed by atoms with Gasteiger partial charge in [0.1, 0.15) is 0 Å².